The monoisotopic (exact) mass is 994 g/mol. The minimum Gasteiger partial charge on any atom is -0.494 e. The van der Waals surface area contributed by atoms with E-state index in [0.717, 1.165) is 48.6 Å². The first-order valence-corrected chi connectivity index (χ1v) is 25.5. The molecular weight excluding hydrogens is 945 g/mol. The van der Waals surface area contributed by atoms with Crippen molar-refractivity contribution < 1.29 is 26.3 Å². The zero-order valence-corrected chi connectivity index (χ0v) is 40.9. The van der Waals surface area contributed by atoms with Crippen molar-refractivity contribution in [2.24, 2.45) is 0 Å². The first-order valence-electron chi connectivity index (χ1n) is 22.6. The van der Waals surface area contributed by atoms with E-state index in [0.29, 0.717) is 82.7 Å². The van der Waals surface area contributed by atoms with Crippen LogP contribution < -0.4 is 25.0 Å². The molecule has 0 spiro atoms. The van der Waals surface area contributed by atoms with Crippen LogP contribution in [0.3, 0.4) is 0 Å². The summed E-state index contributed by atoms with van der Waals surface area (Å²) in [5.74, 6) is 0.748. The quantitative estimate of drug-likeness (QED) is 0.0781. The first-order chi connectivity index (χ1) is 34.1. The Hall–Kier alpha value is -7.62. The number of hydrogen-bond donors (Lipinski definition) is 2. The average Bonchev–Trinajstić information content (AvgIpc) is 3.99. The van der Waals surface area contributed by atoms with Gasteiger partial charge in [0, 0.05) is 123 Å². The number of rotatable bonds is 19. The van der Waals surface area contributed by atoms with Crippen molar-refractivity contribution in [3.63, 3.8) is 0 Å². The van der Waals surface area contributed by atoms with Crippen molar-refractivity contribution in [2.45, 2.75) is 32.5 Å². The molecule has 4 aromatic heterocycles. The van der Waals surface area contributed by atoms with Gasteiger partial charge < -0.3 is 9.47 Å². The zero-order valence-electron chi connectivity index (χ0n) is 39.3. The Morgan fingerprint density at radius 3 is 1.48 bits per heavy atom. The van der Waals surface area contributed by atoms with Gasteiger partial charge in [0.05, 0.1) is 48.0 Å². The van der Waals surface area contributed by atoms with Gasteiger partial charge in [-0.3, -0.25) is 38.4 Å². The van der Waals surface area contributed by atoms with E-state index in [1.165, 1.54) is 28.2 Å². The highest BCUT2D eigenvalue weighted by Gasteiger charge is 2.17. The molecule has 5 aromatic carbocycles. The molecule has 9 rings (SSSR count). The molecule has 0 unspecified atom stereocenters. The second-order valence-corrected chi connectivity index (χ2v) is 21.0. The molecule has 0 saturated heterocycles. The predicted octanol–water partition coefficient (Wildman–Crippen LogP) is 7.05. The van der Waals surface area contributed by atoms with Crippen molar-refractivity contribution >= 4 is 75.1 Å². The van der Waals surface area contributed by atoms with Crippen LogP contribution in [0.25, 0.3) is 65.6 Å². The molecule has 0 radical (unpaired) electrons. The molecule has 0 amide bonds. The van der Waals surface area contributed by atoms with E-state index in [1.54, 1.807) is 97.6 Å². The fourth-order valence-electron chi connectivity index (χ4n) is 7.81. The number of aromatic nitrogens is 6. The number of nitrogens with zero attached hydrogens (tertiary/aromatic N) is 8. The smallest absolute Gasteiger partial charge is 0.301 e. The van der Waals surface area contributed by atoms with Crippen molar-refractivity contribution in [1.29, 1.82) is 0 Å². The number of pyridine rings is 2. The Labute approximate surface area is 409 Å². The van der Waals surface area contributed by atoms with E-state index in [2.05, 4.69) is 29.6 Å². The number of hydrogen-bond acceptors (Lipinski definition) is 12. The lowest BCUT2D eigenvalue weighted by Gasteiger charge is -2.13. The van der Waals surface area contributed by atoms with E-state index in [-0.39, 0.29) is 22.2 Å². The maximum absolute atomic E-state index is 13.8. The fraction of sp³-hybridized carbons (Fsp3) is 0.216. The summed E-state index contributed by atoms with van der Waals surface area (Å²) in [5, 5.41) is 11.9. The molecule has 0 bridgehead atoms. The summed E-state index contributed by atoms with van der Waals surface area (Å²) in [5.41, 5.74) is 5.19. The van der Waals surface area contributed by atoms with E-state index >= 15 is 0 Å². The van der Waals surface area contributed by atoms with E-state index < -0.39 is 20.4 Å². The predicted molar refractivity (Wildman–Crippen MR) is 277 cm³/mol. The number of aryl methyl sites for hydroxylation is 2. The van der Waals surface area contributed by atoms with Gasteiger partial charge in [-0.15, -0.1) is 0 Å². The minimum absolute atomic E-state index is 0.260. The van der Waals surface area contributed by atoms with Crippen LogP contribution in [0, 0.1) is 0 Å². The third-order valence-electron chi connectivity index (χ3n) is 11.8. The van der Waals surface area contributed by atoms with Crippen LogP contribution >= 0.6 is 0 Å². The summed E-state index contributed by atoms with van der Waals surface area (Å²) >= 11 is 0. The highest BCUT2D eigenvalue weighted by atomic mass is 32.2. The molecule has 2 N–H and O–H groups in total. The van der Waals surface area contributed by atoms with E-state index in [4.69, 9.17) is 9.47 Å². The van der Waals surface area contributed by atoms with Gasteiger partial charge in [-0.25, -0.2) is 0 Å². The van der Waals surface area contributed by atoms with Crippen molar-refractivity contribution in [3.05, 3.63) is 160 Å². The van der Waals surface area contributed by atoms with Crippen LogP contribution in [0.1, 0.15) is 18.4 Å². The zero-order chi connectivity index (χ0) is 49.9. The van der Waals surface area contributed by atoms with Gasteiger partial charge in [0.15, 0.2) is 10.9 Å². The minimum atomic E-state index is -3.75. The van der Waals surface area contributed by atoms with Gasteiger partial charge in [-0.2, -0.15) is 35.6 Å². The maximum Gasteiger partial charge on any atom is 0.301 e. The topological polar surface area (TPSA) is 213 Å². The molecule has 71 heavy (non-hydrogen) atoms. The van der Waals surface area contributed by atoms with Crippen molar-refractivity contribution in [1.82, 2.24) is 38.1 Å². The molecule has 20 heteroatoms. The average molecular weight is 995 g/mol. The Morgan fingerprint density at radius 2 is 1.00 bits per heavy atom. The van der Waals surface area contributed by atoms with Gasteiger partial charge in [0.2, 0.25) is 0 Å². The number of anilines is 2. The Bertz CT molecular complexity index is 3810. The lowest BCUT2D eigenvalue weighted by atomic mass is 10.1. The highest BCUT2D eigenvalue weighted by molar-refractivity contribution is 7.90. The second kappa shape index (κ2) is 20.4. The molecule has 4 heterocycles. The third kappa shape index (κ3) is 11.1. The number of fused-ring (bicyclic) bond motifs is 4. The second-order valence-electron chi connectivity index (χ2n) is 17.3. The van der Waals surface area contributed by atoms with Crippen LogP contribution in [0.4, 0.5) is 11.4 Å². The summed E-state index contributed by atoms with van der Waals surface area (Å²) in [7, 11) is -1.80. The lowest BCUT2D eigenvalue weighted by Crippen LogP contribution is -2.28. The summed E-state index contributed by atoms with van der Waals surface area (Å²) in [6.45, 7) is 2.68. The van der Waals surface area contributed by atoms with Crippen LogP contribution in [-0.2, 0) is 44.9 Å². The first kappa shape index (κ1) is 48.4. The molecule has 0 aliphatic rings. The molecule has 0 aliphatic heterocycles. The van der Waals surface area contributed by atoms with Crippen LogP contribution in [0.2, 0.25) is 0 Å². The largest absolute Gasteiger partial charge is 0.494 e. The van der Waals surface area contributed by atoms with Crippen molar-refractivity contribution in [2.75, 3.05) is 50.8 Å². The molecule has 0 saturated carbocycles. The normalized spacial score (nSPS) is 12.1. The molecule has 0 fully saturated rings. The van der Waals surface area contributed by atoms with E-state index in [1.807, 2.05) is 46.0 Å². The van der Waals surface area contributed by atoms with Gasteiger partial charge in [-0.1, -0.05) is 36.4 Å². The number of ether oxygens (including phenoxy) is 2. The van der Waals surface area contributed by atoms with Gasteiger partial charge >= 0.3 is 20.4 Å². The molecule has 0 aliphatic carbocycles. The van der Waals surface area contributed by atoms with Gasteiger partial charge in [-0.05, 0) is 83.4 Å². The van der Waals surface area contributed by atoms with Crippen LogP contribution in [0.15, 0.2) is 144 Å². The number of benzene rings is 3. The molecule has 9 aromatic rings. The van der Waals surface area contributed by atoms with Gasteiger partial charge in [0.1, 0.15) is 5.75 Å². The van der Waals surface area contributed by atoms with Crippen molar-refractivity contribution in [3.8, 4) is 28.0 Å². The Balaban J connectivity index is 0.733. The molecule has 364 valence electrons. The van der Waals surface area contributed by atoms with Crippen LogP contribution in [0.5, 0.6) is 5.75 Å². The van der Waals surface area contributed by atoms with Gasteiger partial charge in [0.25, 0.3) is 0 Å². The number of nitrogens with one attached hydrogen (secondary N) is 2. The summed E-state index contributed by atoms with van der Waals surface area (Å²) in [6.07, 6.45) is 12.1. The summed E-state index contributed by atoms with van der Waals surface area (Å²) < 4.78 is 72.4. The molecular formula is C51H50N10O8S2. The lowest BCUT2D eigenvalue weighted by molar-refractivity contribution is 0.115. The Morgan fingerprint density at radius 1 is 0.535 bits per heavy atom. The fourth-order valence-corrected chi connectivity index (χ4v) is 9.03. The summed E-state index contributed by atoms with van der Waals surface area (Å²) in [6, 6.07) is 28.3. The van der Waals surface area contributed by atoms with Crippen LogP contribution in [-0.4, -0.2) is 96.4 Å². The molecule has 18 nitrogen and oxygen atoms in total. The van der Waals surface area contributed by atoms with E-state index in [9.17, 15) is 26.4 Å². The highest BCUT2D eigenvalue weighted by Crippen LogP contribution is 2.26. The maximum atomic E-state index is 13.8. The third-order valence-corrected chi connectivity index (χ3v) is 14.7. The standard InChI is InChI=1S/C51H50N10O8S2/c1-58(2)70(64,65)56-41-13-9-35-11-17-48-46(50(62)44(35)25-41)23-37(27-52-48)39-29-54-60(31-39)19-5-21-68-33-34-7-15-43(16-8-34)69-22-6-20-61-32-40(30-55-61)38-24-47-49(53-28-38)18-12-36-10-14-42(26-45(36)51(47)63)57-71(66,67)59(3)4/h7-18,23-32,56-57H,5-6,19-22,33H2,1-4H3. The Kier molecular flexibility index (Phi) is 13.9. The summed E-state index contributed by atoms with van der Waals surface area (Å²) in [4.78, 5) is 36.7. The SMILES string of the molecule is CN(C)S(=O)(=O)Nc1ccc2ccc3ncc(-c4cnn(CCCOCc5ccc(OCCCn6cc(-c7cnc8ccc9ccc(NS(=O)(=O)N(C)C)cc9c(=O)c8c7)cn6)cc5)c4)cc3c(=O)c2c1. The molecule has 0 atom stereocenters.